The van der Waals surface area contributed by atoms with Crippen LogP contribution in [0.3, 0.4) is 0 Å². The second-order valence-electron chi connectivity index (χ2n) is 4.41. The van der Waals surface area contributed by atoms with Crippen molar-refractivity contribution in [2.24, 2.45) is 0 Å². The third kappa shape index (κ3) is 2.78. The van der Waals surface area contributed by atoms with Crippen molar-refractivity contribution in [2.45, 2.75) is 0 Å². The molecule has 1 saturated heterocycles. The minimum absolute atomic E-state index is 0.0440. The van der Waals surface area contributed by atoms with Gasteiger partial charge in [-0.1, -0.05) is 0 Å². The maximum absolute atomic E-state index is 12.1. The first-order chi connectivity index (χ1) is 9.34. The first-order valence-electron chi connectivity index (χ1n) is 6.33. The zero-order valence-electron chi connectivity index (χ0n) is 10.5. The highest BCUT2D eigenvalue weighted by atomic mass is 32.1. The standard InChI is InChI=1S/C12H16N4O2S/c17-11(10-9-19-12-14-2-4-16(10)12)13-1-3-15-5-7-18-8-6-15/h2,4,9H,1,3,5-8H2,(H,13,17). The zero-order valence-corrected chi connectivity index (χ0v) is 11.4. The molecule has 0 bridgehead atoms. The molecule has 1 aliphatic rings. The Labute approximate surface area is 115 Å². The molecule has 3 heterocycles. The molecule has 0 aliphatic carbocycles. The number of hydrogen-bond acceptors (Lipinski definition) is 5. The van der Waals surface area contributed by atoms with Crippen molar-refractivity contribution in [3.63, 3.8) is 0 Å². The molecule has 102 valence electrons. The van der Waals surface area contributed by atoms with Crippen LogP contribution in [0.25, 0.3) is 4.96 Å². The molecular formula is C12H16N4O2S. The fourth-order valence-corrected chi connectivity index (χ4v) is 2.96. The van der Waals surface area contributed by atoms with Crippen LogP contribution in [0.15, 0.2) is 17.8 Å². The summed E-state index contributed by atoms with van der Waals surface area (Å²) in [5, 5.41) is 4.79. The molecule has 6 nitrogen and oxygen atoms in total. The van der Waals surface area contributed by atoms with Gasteiger partial charge in [0.25, 0.3) is 5.91 Å². The van der Waals surface area contributed by atoms with Crippen LogP contribution in [-0.2, 0) is 4.74 Å². The highest BCUT2D eigenvalue weighted by molar-refractivity contribution is 7.15. The molecule has 1 N–H and O–H groups in total. The number of aromatic nitrogens is 2. The van der Waals surface area contributed by atoms with Crippen molar-refractivity contribution in [1.29, 1.82) is 0 Å². The molecule has 0 unspecified atom stereocenters. The van der Waals surface area contributed by atoms with Crippen molar-refractivity contribution in [2.75, 3.05) is 39.4 Å². The Balaban J connectivity index is 1.52. The van der Waals surface area contributed by atoms with Gasteiger partial charge in [-0.3, -0.25) is 14.1 Å². The number of ether oxygens (including phenoxy) is 1. The number of fused-ring (bicyclic) bond motifs is 1. The fourth-order valence-electron chi connectivity index (χ4n) is 2.13. The molecule has 0 atom stereocenters. The fraction of sp³-hybridized carbons (Fsp3) is 0.500. The molecule has 3 rings (SSSR count). The summed E-state index contributed by atoms with van der Waals surface area (Å²) in [6, 6.07) is 0. The minimum Gasteiger partial charge on any atom is -0.379 e. The molecule has 2 aromatic rings. The average molecular weight is 280 g/mol. The van der Waals surface area contributed by atoms with E-state index in [1.54, 1.807) is 6.20 Å². The molecule has 2 aromatic heterocycles. The molecule has 1 aliphatic heterocycles. The van der Waals surface area contributed by atoms with Crippen LogP contribution in [0.4, 0.5) is 0 Å². The van der Waals surface area contributed by atoms with E-state index in [-0.39, 0.29) is 5.91 Å². The Morgan fingerprint density at radius 1 is 1.47 bits per heavy atom. The lowest BCUT2D eigenvalue weighted by molar-refractivity contribution is 0.0383. The molecule has 0 saturated carbocycles. The van der Waals surface area contributed by atoms with Gasteiger partial charge in [-0.2, -0.15) is 0 Å². The van der Waals surface area contributed by atoms with Gasteiger partial charge in [-0.15, -0.1) is 11.3 Å². The van der Waals surface area contributed by atoms with E-state index in [2.05, 4.69) is 15.2 Å². The SMILES string of the molecule is O=C(NCCN1CCOCC1)c1csc2nccn12. The summed E-state index contributed by atoms with van der Waals surface area (Å²) in [5.74, 6) is -0.0440. The smallest absolute Gasteiger partial charge is 0.269 e. The number of nitrogens with zero attached hydrogens (tertiary/aromatic N) is 3. The molecule has 0 aromatic carbocycles. The molecule has 7 heteroatoms. The van der Waals surface area contributed by atoms with Gasteiger partial charge in [0.1, 0.15) is 5.69 Å². The number of rotatable bonds is 4. The first kappa shape index (κ1) is 12.6. The van der Waals surface area contributed by atoms with Crippen LogP contribution in [0.5, 0.6) is 0 Å². The Morgan fingerprint density at radius 3 is 3.16 bits per heavy atom. The lowest BCUT2D eigenvalue weighted by atomic mass is 10.4. The number of carbonyl (C=O) groups excluding carboxylic acids is 1. The monoisotopic (exact) mass is 280 g/mol. The van der Waals surface area contributed by atoms with Gasteiger partial charge in [0.2, 0.25) is 0 Å². The van der Waals surface area contributed by atoms with E-state index in [1.165, 1.54) is 11.3 Å². The maximum Gasteiger partial charge on any atom is 0.269 e. The Hall–Kier alpha value is -1.44. The molecular weight excluding hydrogens is 264 g/mol. The molecule has 19 heavy (non-hydrogen) atoms. The third-order valence-corrected chi connectivity index (χ3v) is 4.05. The molecule has 0 radical (unpaired) electrons. The second kappa shape index (κ2) is 5.68. The summed E-state index contributed by atoms with van der Waals surface area (Å²) in [6.07, 6.45) is 3.51. The van der Waals surface area contributed by atoms with Gasteiger partial charge >= 0.3 is 0 Å². The minimum atomic E-state index is -0.0440. The molecule has 1 fully saturated rings. The Bertz CT molecular complexity index is 559. The van der Waals surface area contributed by atoms with Crippen LogP contribution >= 0.6 is 11.3 Å². The predicted octanol–water partition coefficient (Wildman–Crippen LogP) is 0.458. The van der Waals surface area contributed by atoms with E-state index in [9.17, 15) is 4.79 Å². The number of imidazole rings is 1. The summed E-state index contributed by atoms with van der Waals surface area (Å²) in [5.41, 5.74) is 0.652. The normalized spacial score (nSPS) is 16.8. The Morgan fingerprint density at radius 2 is 2.32 bits per heavy atom. The third-order valence-electron chi connectivity index (χ3n) is 3.19. The topological polar surface area (TPSA) is 58.9 Å². The summed E-state index contributed by atoms with van der Waals surface area (Å²) < 4.78 is 7.10. The number of carbonyl (C=O) groups is 1. The van der Waals surface area contributed by atoms with Crippen LogP contribution < -0.4 is 5.32 Å². The van der Waals surface area contributed by atoms with Crippen molar-refractivity contribution in [3.05, 3.63) is 23.5 Å². The summed E-state index contributed by atoms with van der Waals surface area (Å²) in [6.45, 7) is 4.99. The molecule has 0 spiro atoms. The second-order valence-corrected chi connectivity index (χ2v) is 5.25. The average Bonchev–Trinajstić information content (AvgIpc) is 3.02. The van der Waals surface area contributed by atoms with Gasteiger partial charge in [-0.25, -0.2) is 4.98 Å². The van der Waals surface area contributed by atoms with Crippen LogP contribution in [0.2, 0.25) is 0 Å². The van der Waals surface area contributed by atoms with Crippen molar-refractivity contribution in [1.82, 2.24) is 19.6 Å². The van der Waals surface area contributed by atoms with E-state index in [1.807, 2.05) is 16.0 Å². The maximum atomic E-state index is 12.1. The first-order valence-corrected chi connectivity index (χ1v) is 7.21. The van der Waals surface area contributed by atoms with E-state index in [4.69, 9.17) is 4.74 Å². The Kier molecular flexibility index (Phi) is 3.77. The largest absolute Gasteiger partial charge is 0.379 e. The zero-order chi connectivity index (χ0) is 13.1. The van der Waals surface area contributed by atoms with Gasteiger partial charge in [0.05, 0.1) is 13.2 Å². The quantitative estimate of drug-likeness (QED) is 0.884. The van der Waals surface area contributed by atoms with E-state index in [0.717, 1.165) is 37.8 Å². The van der Waals surface area contributed by atoms with Crippen LogP contribution in [0.1, 0.15) is 10.5 Å². The van der Waals surface area contributed by atoms with E-state index in [0.29, 0.717) is 12.2 Å². The highest BCUT2D eigenvalue weighted by Gasteiger charge is 2.13. The van der Waals surface area contributed by atoms with E-state index >= 15 is 0 Å². The summed E-state index contributed by atoms with van der Waals surface area (Å²) >= 11 is 1.47. The van der Waals surface area contributed by atoms with Crippen LogP contribution in [-0.4, -0.2) is 59.6 Å². The van der Waals surface area contributed by atoms with Crippen molar-refractivity contribution in [3.8, 4) is 0 Å². The predicted molar refractivity (Wildman–Crippen MR) is 72.7 cm³/mol. The molecule has 1 amide bonds. The van der Waals surface area contributed by atoms with E-state index < -0.39 is 0 Å². The van der Waals surface area contributed by atoms with Gasteiger partial charge in [0.15, 0.2) is 4.96 Å². The number of hydrogen-bond donors (Lipinski definition) is 1. The number of morpholine rings is 1. The van der Waals surface area contributed by atoms with Gasteiger partial charge in [-0.05, 0) is 0 Å². The lowest BCUT2D eigenvalue weighted by Crippen LogP contribution is -2.41. The summed E-state index contributed by atoms with van der Waals surface area (Å²) in [4.78, 5) is 19.4. The lowest BCUT2D eigenvalue weighted by Gasteiger charge is -2.26. The number of nitrogens with one attached hydrogen (secondary N) is 1. The number of amides is 1. The summed E-state index contributed by atoms with van der Waals surface area (Å²) in [7, 11) is 0. The van der Waals surface area contributed by atoms with Crippen molar-refractivity contribution >= 4 is 22.2 Å². The van der Waals surface area contributed by atoms with Gasteiger partial charge in [0, 0.05) is 44.0 Å². The van der Waals surface area contributed by atoms with Crippen molar-refractivity contribution < 1.29 is 9.53 Å². The number of thiazole rings is 1. The van der Waals surface area contributed by atoms with Gasteiger partial charge < -0.3 is 10.1 Å². The van der Waals surface area contributed by atoms with Crippen LogP contribution in [0, 0.1) is 0 Å². The highest BCUT2D eigenvalue weighted by Crippen LogP contribution is 2.14.